The fraction of sp³-hybridized carbons (Fsp3) is 0.381. The Balaban J connectivity index is 1.39. The summed E-state index contributed by atoms with van der Waals surface area (Å²) in [4.78, 5) is 25.0. The lowest BCUT2D eigenvalue weighted by molar-refractivity contribution is 0.0621. The molecule has 30 heavy (non-hydrogen) atoms. The minimum Gasteiger partial charge on any atom is -0.471 e. The largest absolute Gasteiger partial charge is 0.471 e. The molecule has 9 heteroatoms. The Hall–Kier alpha value is -3.33. The molecule has 1 atom stereocenters. The molecule has 1 saturated heterocycles. The van der Waals surface area contributed by atoms with Gasteiger partial charge in [0.1, 0.15) is 23.8 Å². The number of hydrogen-bond acceptors (Lipinski definition) is 8. The van der Waals surface area contributed by atoms with Crippen molar-refractivity contribution in [3.8, 4) is 17.1 Å². The van der Waals surface area contributed by atoms with Gasteiger partial charge >= 0.3 is 0 Å². The number of pyridine rings is 1. The number of ether oxygens (including phenoxy) is 2. The highest BCUT2D eigenvalue weighted by Gasteiger charge is 2.19. The first-order valence-electron chi connectivity index (χ1n) is 9.82. The summed E-state index contributed by atoms with van der Waals surface area (Å²) in [7, 11) is 0. The predicted octanol–water partition coefficient (Wildman–Crippen LogP) is 2.63. The van der Waals surface area contributed by atoms with Crippen LogP contribution >= 0.6 is 0 Å². The van der Waals surface area contributed by atoms with Crippen LogP contribution < -0.4 is 10.1 Å². The predicted molar refractivity (Wildman–Crippen MR) is 107 cm³/mol. The molecule has 0 saturated carbocycles. The minimum atomic E-state index is -0.270. The molecule has 1 fully saturated rings. The van der Waals surface area contributed by atoms with E-state index in [1.807, 2.05) is 26.0 Å². The summed E-state index contributed by atoms with van der Waals surface area (Å²) in [5.74, 6) is 0.693. The highest BCUT2D eigenvalue weighted by Crippen LogP contribution is 2.25. The lowest BCUT2D eigenvalue weighted by Crippen LogP contribution is -2.40. The third-order valence-electron chi connectivity index (χ3n) is 4.89. The van der Waals surface area contributed by atoms with Gasteiger partial charge in [0.15, 0.2) is 0 Å². The second-order valence-electron chi connectivity index (χ2n) is 7.17. The van der Waals surface area contributed by atoms with Crippen LogP contribution in [0.2, 0.25) is 0 Å². The number of carbonyl (C=O) groups is 1. The number of nitrogens with zero attached hydrogens (tertiary/aromatic N) is 4. The molecule has 0 unspecified atom stereocenters. The highest BCUT2D eigenvalue weighted by molar-refractivity contribution is 5.92. The molecular weight excluding hydrogens is 386 g/mol. The minimum absolute atomic E-state index is 0.00947. The Morgan fingerprint density at radius 3 is 2.80 bits per heavy atom. The Bertz CT molecular complexity index is 995. The van der Waals surface area contributed by atoms with Crippen molar-refractivity contribution in [2.75, 3.05) is 13.2 Å². The zero-order chi connectivity index (χ0) is 20.9. The van der Waals surface area contributed by atoms with Crippen molar-refractivity contribution in [2.45, 2.75) is 39.3 Å². The van der Waals surface area contributed by atoms with Gasteiger partial charge in [-0.15, -0.1) is 0 Å². The van der Waals surface area contributed by atoms with Crippen LogP contribution in [0.1, 0.15) is 40.3 Å². The molecule has 1 amide bonds. The van der Waals surface area contributed by atoms with E-state index in [-0.39, 0.29) is 24.2 Å². The van der Waals surface area contributed by atoms with Crippen LogP contribution in [0.4, 0.5) is 0 Å². The standard InChI is InChI=1S/C21H23N5O4/c1-13-5-6-15(8-22-13)20-17(14(2)30-26-20)12-29-19-10-23-18(9-24-19)21(27)25-16-4-3-7-28-11-16/h5-6,8-10,16H,3-4,7,11-12H2,1-2H3,(H,25,27)/t16-/m1/s1. The molecule has 4 rings (SSSR count). The molecule has 0 aromatic carbocycles. The topological polar surface area (TPSA) is 112 Å². The van der Waals surface area contributed by atoms with Crippen LogP contribution in [0.5, 0.6) is 5.88 Å². The lowest BCUT2D eigenvalue weighted by Gasteiger charge is -2.22. The van der Waals surface area contributed by atoms with E-state index in [9.17, 15) is 4.79 Å². The number of aromatic nitrogens is 4. The molecule has 1 aliphatic heterocycles. The molecular formula is C21H23N5O4. The van der Waals surface area contributed by atoms with Gasteiger partial charge in [0.05, 0.1) is 30.6 Å². The maximum atomic E-state index is 12.3. The summed E-state index contributed by atoms with van der Waals surface area (Å²) in [5.41, 5.74) is 3.49. The number of aryl methyl sites for hydroxylation is 2. The van der Waals surface area contributed by atoms with Crippen molar-refractivity contribution in [3.05, 3.63) is 53.4 Å². The van der Waals surface area contributed by atoms with Gasteiger partial charge in [0.25, 0.3) is 5.91 Å². The van der Waals surface area contributed by atoms with Gasteiger partial charge in [-0.05, 0) is 38.8 Å². The molecule has 3 aromatic heterocycles. The second-order valence-corrected chi connectivity index (χ2v) is 7.17. The zero-order valence-electron chi connectivity index (χ0n) is 16.9. The fourth-order valence-electron chi connectivity index (χ4n) is 3.16. The highest BCUT2D eigenvalue weighted by atomic mass is 16.5. The fourth-order valence-corrected chi connectivity index (χ4v) is 3.16. The second kappa shape index (κ2) is 9.00. The van der Waals surface area contributed by atoms with Crippen molar-refractivity contribution < 1.29 is 18.8 Å². The Morgan fingerprint density at radius 2 is 2.10 bits per heavy atom. The molecule has 4 heterocycles. The van der Waals surface area contributed by atoms with Crippen molar-refractivity contribution >= 4 is 5.91 Å². The van der Waals surface area contributed by atoms with E-state index in [0.29, 0.717) is 23.9 Å². The molecule has 1 N–H and O–H groups in total. The van der Waals surface area contributed by atoms with Crippen LogP contribution in [-0.4, -0.2) is 45.3 Å². The zero-order valence-corrected chi connectivity index (χ0v) is 16.9. The first-order valence-corrected chi connectivity index (χ1v) is 9.82. The van der Waals surface area contributed by atoms with E-state index in [1.54, 1.807) is 6.20 Å². The quantitative estimate of drug-likeness (QED) is 0.661. The summed E-state index contributed by atoms with van der Waals surface area (Å²) < 4.78 is 16.5. The molecule has 0 aliphatic carbocycles. The van der Waals surface area contributed by atoms with E-state index >= 15 is 0 Å². The monoisotopic (exact) mass is 409 g/mol. The number of nitrogens with one attached hydrogen (secondary N) is 1. The van der Waals surface area contributed by atoms with Crippen LogP contribution in [0, 0.1) is 13.8 Å². The summed E-state index contributed by atoms with van der Waals surface area (Å²) in [6.07, 6.45) is 6.42. The average Bonchev–Trinajstić information content (AvgIpc) is 3.14. The van der Waals surface area contributed by atoms with E-state index in [1.165, 1.54) is 12.4 Å². The molecule has 1 aliphatic rings. The first kappa shape index (κ1) is 20.0. The summed E-state index contributed by atoms with van der Waals surface area (Å²) >= 11 is 0. The lowest BCUT2D eigenvalue weighted by atomic mass is 10.1. The van der Waals surface area contributed by atoms with E-state index in [2.05, 4.69) is 25.4 Å². The van der Waals surface area contributed by atoms with Gasteiger partial charge in [-0.1, -0.05) is 5.16 Å². The third kappa shape index (κ3) is 4.62. The molecule has 0 bridgehead atoms. The number of hydrogen-bond donors (Lipinski definition) is 1. The van der Waals surface area contributed by atoms with E-state index in [0.717, 1.165) is 36.3 Å². The molecule has 156 valence electrons. The normalized spacial score (nSPS) is 16.3. The SMILES string of the molecule is Cc1ccc(-c2noc(C)c2COc2cnc(C(=O)N[C@@H]3CCCOC3)cn2)cn1. The number of carbonyl (C=O) groups excluding carboxylic acids is 1. The third-order valence-corrected chi connectivity index (χ3v) is 4.89. The van der Waals surface area contributed by atoms with Crippen molar-refractivity contribution in [3.63, 3.8) is 0 Å². The van der Waals surface area contributed by atoms with Crippen LogP contribution in [0.25, 0.3) is 11.3 Å². The number of amides is 1. The summed E-state index contributed by atoms with van der Waals surface area (Å²) in [6, 6.07) is 3.86. The van der Waals surface area contributed by atoms with Gasteiger partial charge in [-0.25, -0.2) is 9.97 Å². The van der Waals surface area contributed by atoms with Crippen LogP contribution in [-0.2, 0) is 11.3 Å². The Kier molecular flexibility index (Phi) is 5.99. The Labute approximate surface area is 173 Å². The maximum Gasteiger partial charge on any atom is 0.271 e. The molecule has 0 spiro atoms. The van der Waals surface area contributed by atoms with Gasteiger partial charge in [-0.3, -0.25) is 9.78 Å². The summed E-state index contributed by atoms with van der Waals surface area (Å²) in [5, 5.41) is 7.04. The summed E-state index contributed by atoms with van der Waals surface area (Å²) in [6.45, 7) is 5.22. The van der Waals surface area contributed by atoms with Gasteiger partial charge in [0.2, 0.25) is 5.88 Å². The smallest absolute Gasteiger partial charge is 0.271 e. The molecule has 0 radical (unpaired) electrons. The van der Waals surface area contributed by atoms with Gasteiger partial charge in [0, 0.05) is 24.1 Å². The molecule has 3 aromatic rings. The van der Waals surface area contributed by atoms with Crippen LogP contribution in [0.15, 0.2) is 35.2 Å². The maximum absolute atomic E-state index is 12.3. The van der Waals surface area contributed by atoms with Crippen LogP contribution in [0.3, 0.4) is 0 Å². The Morgan fingerprint density at radius 1 is 1.20 bits per heavy atom. The van der Waals surface area contributed by atoms with E-state index in [4.69, 9.17) is 14.0 Å². The van der Waals surface area contributed by atoms with Crippen molar-refractivity contribution in [2.24, 2.45) is 0 Å². The first-order chi connectivity index (χ1) is 14.6. The van der Waals surface area contributed by atoms with E-state index < -0.39 is 0 Å². The van der Waals surface area contributed by atoms with Crippen molar-refractivity contribution in [1.82, 2.24) is 25.4 Å². The van der Waals surface area contributed by atoms with Gasteiger partial charge < -0.3 is 19.3 Å². The van der Waals surface area contributed by atoms with Gasteiger partial charge in [-0.2, -0.15) is 0 Å². The average molecular weight is 409 g/mol. The van der Waals surface area contributed by atoms with Crippen molar-refractivity contribution in [1.29, 1.82) is 0 Å². The number of rotatable bonds is 6. The molecule has 9 nitrogen and oxygen atoms in total.